The fourth-order valence-electron chi connectivity index (χ4n) is 15.4. The van der Waals surface area contributed by atoms with E-state index in [0.29, 0.717) is 0 Å². The lowest BCUT2D eigenvalue weighted by atomic mass is 9.32. The molecule has 12 rings (SSSR count). The number of furan rings is 1. The van der Waals surface area contributed by atoms with E-state index in [1.54, 1.807) is 0 Å². The van der Waals surface area contributed by atoms with Gasteiger partial charge in [0.05, 0.1) is 13.8 Å². The molecule has 0 bridgehead atoms. The second-order valence-corrected chi connectivity index (χ2v) is 36.4. The summed E-state index contributed by atoms with van der Waals surface area (Å²) in [5.74, 6) is 2.22. The van der Waals surface area contributed by atoms with Crippen LogP contribution < -0.4 is 31.4 Å². The van der Waals surface area contributed by atoms with E-state index >= 15 is 0 Å². The Kier molecular flexibility index (Phi) is 10.7. The van der Waals surface area contributed by atoms with E-state index in [1.807, 2.05) is 0 Å². The molecule has 0 fully saturated rings. The molecular weight excluding hydrogens is 924 g/mol. The van der Waals surface area contributed by atoms with Crippen molar-refractivity contribution in [3.05, 3.63) is 129 Å². The molecule has 0 N–H and O–H groups in total. The first kappa shape index (κ1) is 51.0. The molecule has 0 saturated carbocycles. The van der Waals surface area contributed by atoms with Crippen molar-refractivity contribution >= 4 is 70.7 Å². The van der Waals surface area contributed by atoms with Gasteiger partial charge in [-0.3, -0.25) is 4.90 Å². The van der Waals surface area contributed by atoms with Crippen LogP contribution in [0.2, 0.25) is 19.6 Å². The van der Waals surface area contributed by atoms with Crippen LogP contribution in [-0.4, -0.2) is 14.8 Å². The Bertz CT molecular complexity index is 3400. The maximum atomic E-state index is 7.82. The van der Waals surface area contributed by atoms with Crippen molar-refractivity contribution < 1.29 is 4.42 Å². The maximum Gasteiger partial charge on any atom is 0.256 e. The third-order valence-electron chi connectivity index (χ3n) is 21.1. The Balaban J connectivity index is 1.25. The standard InChI is InChI=1S/C70H89BN2OSi/c1-42-35-56-59-57(36-42)73(54-40-51-49(65(6,7)29-31-67(51,10)11)38-46(54)43-21-24-45(25-22-43)75(18,19)20)55-41-52-50(66(8,9)30-32-68(52,12)13)39-53(55)71(59)60-58-61(70(16,17)34-33-69(58,14)15)74-62(60)72(56)44-23-26-47-48(37-44)64(4,5)28-27-63(47,2)3/h21-26,35-41H,27-34H2,1-20H3. The monoisotopic (exact) mass is 1010 g/mol. The van der Waals surface area contributed by atoms with Gasteiger partial charge in [0.15, 0.2) is 5.88 Å². The molecule has 4 aliphatic carbocycles. The zero-order valence-electron chi connectivity index (χ0n) is 50.0. The third-order valence-corrected chi connectivity index (χ3v) is 23.1. The Morgan fingerprint density at radius 3 is 1.43 bits per heavy atom. The van der Waals surface area contributed by atoms with Crippen molar-refractivity contribution in [3.8, 4) is 11.1 Å². The average molecular weight is 1010 g/mol. The fourth-order valence-corrected chi connectivity index (χ4v) is 16.6. The number of anilines is 6. The number of benzene rings is 5. The topological polar surface area (TPSA) is 19.6 Å². The number of aryl methyl sites for hydroxylation is 1. The molecule has 2 aliphatic heterocycles. The van der Waals surface area contributed by atoms with Gasteiger partial charge in [-0.25, -0.2) is 0 Å². The highest BCUT2D eigenvalue weighted by atomic mass is 28.3. The summed E-state index contributed by atoms with van der Waals surface area (Å²) in [7, 11) is -1.56. The quantitative estimate of drug-likeness (QED) is 0.164. The van der Waals surface area contributed by atoms with E-state index in [0.717, 1.165) is 31.6 Å². The number of hydrogen-bond donors (Lipinski definition) is 0. The SMILES string of the molecule is Cc1cc2c3c(c1)N(c1ccc4c(c1)C(C)(C)CCC4(C)C)c1oc4c(c1B3c1cc3c(cc1N2c1cc2c(cc1-c1ccc([Si](C)(C)C)cc1)C(C)(C)CCC2(C)C)C(C)(C)CCC3(C)C)C(C)(C)CCC4(C)C. The van der Waals surface area contributed by atoms with Crippen molar-refractivity contribution in [1.29, 1.82) is 0 Å². The zero-order chi connectivity index (χ0) is 53.9. The molecule has 3 nitrogen and oxygen atoms in total. The Morgan fingerprint density at radius 2 is 0.880 bits per heavy atom. The van der Waals surface area contributed by atoms with Crippen molar-refractivity contribution in [1.82, 2.24) is 0 Å². The van der Waals surface area contributed by atoms with Crippen molar-refractivity contribution in [2.45, 2.75) is 232 Å². The third kappa shape index (κ3) is 7.51. The minimum absolute atomic E-state index is 0.0175. The van der Waals surface area contributed by atoms with Gasteiger partial charge >= 0.3 is 0 Å². The molecule has 6 aromatic rings. The molecule has 392 valence electrons. The van der Waals surface area contributed by atoms with Crippen molar-refractivity contribution in [2.24, 2.45) is 0 Å². The minimum atomic E-state index is -1.56. The van der Waals surface area contributed by atoms with Gasteiger partial charge in [0.25, 0.3) is 6.71 Å². The van der Waals surface area contributed by atoms with Gasteiger partial charge < -0.3 is 9.32 Å². The molecule has 0 unspecified atom stereocenters. The van der Waals surface area contributed by atoms with E-state index in [1.165, 1.54) is 137 Å². The normalized spacial score (nSPS) is 22.2. The largest absolute Gasteiger partial charge is 0.444 e. The Hall–Kier alpha value is -4.74. The second-order valence-electron chi connectivity index (χ2n) is 31.3. The highest BCUT2D eigenvalue weighted by Crippen LogP contribution is 2.58. The number of nitrogens with zero attached hydrogens (tertiary/aromatic N) is 2. The van der Waals surface area contributed by atoms with Gasteiger partial charge in [-0.05, 0) is 205 Å². The molecule has 0 radical (unpaired) electrons. The van der Waals surface area contributed by atoms with Gasteiger partial charge in [0.2, 0.25) is 0 Å². The lowest BCUT2D eigenvalue weighted by molar-refractivity contribution is 0.280. The summed E-state index contributed by atoms with van der Waals surface area (Å²) >= 11 is 0. The molecule has 5 aromatic carbocycles. The fraction of sp³-hybridized carbons (Fsp3) is 0.514. The second kappa shape index (κ2) is 15.7. The van der Waals surface area contributed by atoms with Gasteiger partial charge in [0, 0.05) is 33.7 Å². The van der Waals surface area contributed by atoms with E-state index in [-0.39, 0.29) is 50.0 Å². The van der Waals surface area contributed by atoms with Crippen LogP contribution >= 0.6 is 0 Å². The van der Waals surface area contributed by atoms with E-state index in [9.17, 15) is 0 Å². The summed E-state index contributed by atoms with van der Waals surface area (Å²) in [4.78, 5) is 5.42. The predicted molar refractivity (Wildman–Crippen MR) is 327 cm³/mol. The summed E-state index contributed by atoms with van der Waals surface area (Å²) in [6.45, 7) is 49.6. The van der Waals surface area contributed by atoms with E-state index in [4.69, 9.17) is 4.42 Å². The first-order chi connectivity index (χ1) is 34.7. The maximum absolute atomic E-state index is 7.82. The van der Waals surface area contributed by atoms with Crippen LogP contribution in [0.25, 0.3) is 11.1 Å². The summed E-state index contributed by atoms with van der Waals surface area (Å²) < 4.78 is 7.82. The molecule has 0 spiro atoms. The molecule has 0 amide bonds. The first-order valence-electron chi connectivity index (χ1n) is 29.2. The lowest BCUT2D eigenvalue weighted by Gasteiger charge is -2.48. The molecule has 1 aromatic heterocycles. The first-order valence-corrected chi connectivity index (χ1v) is 32.7. The number of hydrogen-bond acceptors (Lipinski definition) is 3. The number of fused-ring (bicyclic) bond motifs is 9. The predicted octanol–water partition coefficient (Wildman–Crippen LogP) is 17.3. The smallest absolute Gasteiger partial charge is 0.256 e. The molecular formula is C70H89BN2OSi. The summed E-state index contributed by atoms with van der Waals surface area (Å²) in [5, 5.41) is 1.50. The van der Waals surface area contributed by atoms with Crippen LogP contribution in [0.1, 0.15) is 212 Å². The molecule has 6 aliphatic rings. The van der Waals surface area contributed by atoms with Crippen LogP contribution in [0.5, 0.6) is 0 Å². The summed E-state index contributed by atoms with van der Waals surface area (Å²) in [5.41, 5.74) is 25.0. The van der Waals surface area contributed by atoms with Crippen molar-refractivity contribution in [3.63, 3.8) is 0 Å². The molecule has 3 heterocycles. The van der Waals surface area contributed by atoms with E-state index < -0.39 is 8.07 Å². The van der Waals surface area contributed by atoms with Crippen LogP contribution in [-0.2, 0) is 43.3 Å². The zero-order valence-corrected chi connectivity index (χ0v) is 51.0. The van der Waals surface area contributed by atoms with Crippen LogP contribution in [0.4, 0.5) is 34.3 Å². The van der Waals surface area contributed by atoms with Gasteiger partial charge in [-0.2, -0.15) is 0 Å². The van der Waals surface area contributed by atoms with Gasteiger partial charge in [-0.15, -0.1) is 0 Å². The Morgan fingerprint density at radius 1 is 0.427 bits per heavy atom. The van der Waals surface area contributed by atoms with Crippen LogP contribution in [0.3, 0.4) is 0 Å². The van der Waals surface area contributed by atoms with Gasteiger partial charge in [0.1, 0.15) is 5.76 Å². The van der Waals surface area contributed by atoms with Crippen LogP contribution in [0.15, 0.2) is 83.3 Å². The van der Waals surface area contributed by atoms with E-state index in [2.05, 4.69) is 226 Å². The molecule has 75 heavy (non-hydrogen) atoms. The summed E-state index contributed by atoms with van der Waals surface area (Å²) in [6, 6.07) is 33.3. The highest BCUT2D eigenvalue weighted by Gasteiger charge is 2.54. The molecule has 0 saturated heterocycles. The molecule has 0 atom stereocenters. The lowest BCUT2D eigenvalue weighted by Crippen LogP contribution is -2.63. The minimum Gasteiger partial charge on any atom is -0.444 e. The van der Waals surface area contributed by atoms with Crippen molar-refractivity contribution in [2.75, 3.05) is 9.80 Å². The average Bonchev–Trinajstić information content (AvgIpc) is 3.84. The van der Waals surface area contributed by atoms with Crippen LogP contribution in [0, 0.1) is 6.92 Å². The summed E-state index contributed by atoms with van der Waals surface area (Å²) in [6.07, 6.45) is 9.24. The van der Waals surface area contributed by atoms with Gasteiger partial charge in [-0.1, -0.05) is 172 Å². The Labute approximate surface area is 454 Å². The molecule has 5 heteroatoms. The highest BCUT2D eigenvalue weighted by molar-refractivity contribution is 7.00. The number of rotatable bonds is 4.